The van der Waals surface area contributed by atoms with E-state index in [1.807, 2.05) is 19.9 Å². The lowest BCUT2D eigenvalue weighted by molar-refractivity contribution is 0.588. The Kier molecular flexibility index (Phi) is 4.65. The molecule has 0 heterocycles. The topological polar surface area (TPSA) is 58.2 Å². The van der Waals surface area contributed by atoms with Gasteiger partial charge in [-0.1, -0.05) is 35.9 Å². The van der Waals surface area contributed by atoms with Crippen molar-refractivity contribution in [3.63, 3.8) is 0 Å². The van der Waals surface area contributed by atoms with Crippen LogP contribution in [0.25, 0.3) is 0 Å². The highest BCUT2D eigenvalue weighted by Gasteiger charge is 2.15. The van der Waals surface area contributed by atoms with E-state index in [2.05, 4.69) is 28.2 Å². The van der Waals surface area contributed by atoms with Crippen LogP contribution < -0.4 is 10.0 Å². The second kappa shape index (κ2) is 6.28. The Balaban J connectivity index is 2.27. The first-order chi connectivity index (χ1) is 9.94. The molecule has 2 aromatic rings. The Labute approximate surface area is 126 Å². The van der Waals surface area contributed by atoms with Crippen molar-refractivity contribution in [1.82, 2.24) is 4.72 Å². The average molecular weight is 304 g/mol. The Bertz CT molecular complexity index is 740. The lowest BCUT2D eigenvalue weighted by atomic mass is 10.1. The Hall–Kier alpha value is -1.85. The van der Waals surface area contributed by atoms with Gasteiger partial charge in [-0.25, -0.2) is 13.1 Å². The van der Waals surface area contributed by atoms with Gasteiger partial charge < -0.3 is 5.32 Å². The number of nitrogens with one attached hydrogen (secondary N) is 2. The van der Waals surface area contributed by atoms with Crippen LogP contribution in [0.15, 0.2) is 47.4 Å². The van der Waals surface area contributed by atoms with Crippen molar-refractivity contribution in [3.05, 3.63) is 59.2 Å². The van der Waals surface area contributed by atoms with Gasteiger partial charge in [-0.2, -0.15) is 0 Å². The standard InChI is InChI=1S/C16H20N2O2S/c1-12-8-9-13(2)14(10-12)11-18-15-6-4-5-7-16(15)21(19,20)17-3/h4-10,17-18H,11H2,1-3H3. The first-order valence-corrected chi connectivity index (χ1v) is 8.25. The molecule has 0 saturated carbocycles. The van der Waals surface area contributed by atoms with Crippen LogP contribution in [0.1, 0.15) is 16.7 Å². The van der Waals surface area contributed by atoms with Crippen molar-refractivity contribution in [1.29, 1.82) is 0 Å². The fraction of sp³-hybridized carbons (Fsp3) is 0.250. The summed E-state index contributed by atoms with van der Waals surface area (Å²) >= 11 is 0. The molecule has 0 bridgehead atoms. The molecule has 0 aromatic heterocycles. The number of aryl methyl sites for hydroxylation is 2. The zero-order valence-corrected chi connectivity index (χ0v) is 13.3. The third kappa shape index (κ3) is 3.62. The summed E-state index contributed by atoms with van der Waals surface area (Å²) < 4.78 is 26.4. The van der Waals surface area contributed by atoms with Crippen molar-refractivity contribution < 1.29 is 8.42 Å². The summed E-state index contributed by atoms with van der Waals surface area (Å²) in [5.41, 5.74) is 4.13. The number of benzene rings is 2. The highest BCUT2D eigenvalue weighted by molar-refractivity contribution is 7.89. The van der Waals surface area contributed by atoms with Crippen LogP contribution in [0.4, 0.5) is 5.69 Å². The summed E-state index contributed by atoms with van der Waals surface area (Å²) in [5.74, 6) is 0. The van der Waals surface area contributed by atoms with Crippen LogP contribution in [-0.4, -0.2) is 15.5 Å². The minimum Gasteiger partial charge on any atom is -0.380 e. The van der Waals surface area contributed by atoms with Crippen molar-refractivity contribution in [3.8, 4) is 0 Å². The molecule has 0 spiro atoms. The molecule has 0 fully saturated rings. The van der Waals surface area contributed by atoms with E-state index in [9.17, 15) is 8.42 Å². The van der Waals surface area contributed by atoms with Gasteiger partial charge in [-0.05, 0) is 44.2 Å². The summed E-state index contributed by atoms with van der Waals surface area (Å²) in [4.78, 5) is 0.262. The molecule has 112 valence electrons. The molecule has 0 aliphatic heterocycles. The Morgan fingerprint density at radius 3 is 2.48 bits per heavy atom. The maximum Gasteiger partial charge on any atom is 0.242 e. The third-order valence-corrected chi connectivity index (χ3v) is 4.89. The number of hydrogen-bond donors (Lipinski definition) is 2. The van der Waals surface area contributed by atoms with E-state index in [0.29, 0.717) is 12.2 Å². The number of hydrogen-bond acceptors (Lipinski definition) is 3. The first kappa shape index (κ1) is 15.5. The lowest BCUT2D eigenvalue weighted by Gasteiger charge is -2.13. The molecule has 0 aliphatic carbocycles. The predicted molar refractivity (Wildman–Crippen MR) is 85.9 cm³/mol. The fourth-order valence-corrected chi connectivity index (χ4v) is 3.05. The second-order valence-corrected chi connectivity index (χ2v) is 6.84. The molecule has 2 N–H and O–H groups in total. The Morgan fingerprint density at radius 1 is 1.05 bits per heavy atom. The minimum absolute atomic E-state index is 0.262. The molecule has 2 rings (SSSR count). The van der Waals surface area contributed by atoms with Crippen molar-refractivity contribution in [2.45, 2.75) is 25.3 Å². The minimum atomic E-state index is -3.46. The van der Waals surface area contributed by atoms with Crippen molar-refractivity contribution in [2.75, 3.05) is 12.4 Å². The van der Waals surface area contributed by atoms with E-state index in [0.717, 1.165) is 5.56 Å². The average Bonchev–Trinajstić information content (AvgIpc) is 2.48. The lowest BCUT2D eigenvalue weighted by Crippen LogP contribution is -2.20. The van der Waals surface area contributed by atoms with Crippen LogP contribution in [0.5, 0.6) is 0 Å². The zero-order valence-electron chi connectivity index (χ0n) is 12.5. The molecular weight excluding hydrogens is 284 g/mol. The van der Waals surface area contributed by atoms with E-state index in [4.69, 9.17) is 0 Å². The number of para-hydroxylation sites is 1. The molecule has 21 heavy (non-hydrogen) atoms. The van der Waals surface area contributed by atoms with Gasteiger partial charge in [0.05, 0.1) is 5.69 Å². The van der Waals surface area contributed by atoms with Gasteiger partial charge in [0.15, 0.2) is 0 Å². The molecule has 0 aliphatic rings. The normalized spacial score (nSPS) is 11.4. The summed E-state index contributed by atoms with van der Waals surface area (Å²) in [6.07, 6.45) is 0. The van der Waals surface area contributed by atoms with Gasteiger partial charge >= 0.3 is 0 Å². The summed E-state index contributed by atoms with van der Waals surface area (Å²) in [7, 11) is -2.05. The van der Waals surface area contributed by atoms with E-state index in [1.54, 1.807) is 18.2 Å². The van der Waals surface area contributed by atoms with E-state index in [1.165, 1.54) is 18.2 Å². The quantitative estimate of drug-likeness (QED) is 0.893. The number of anilines is 1. The van der Waals surface area contributed by atoms with Gasteiger partial charge in [-0.3, -0.25) is 0 Å². The molecule has 0 atom stereocenters. The summed E-state index contributed by atoms with van der Waals surface area (Å²) in [6.45, 7) is 4.68. The SMILES string of the molecule is CNS(=O)(=O)c1ccccc1NCc1cc(C)ccc1C. The smallest absolute Gasteiger partial charge is 0.242 e. The van der Waals surface area contributed by atoms with Crippen molar-refractivity contribution in [2.24, 2.45) is 0 Å². The van der Waals surface area contributed by atoms with Crippen LogP contribution in [-0.2, 0) is 16.6 Å². The van der Waals surface area contributed by atoms with E-state index < -0.39 is 10.0 Å². The molecule has 2 aromatic carbocycles. The van der Waals surface area contributed by atoms with Crippen LogP contribution in [0, 0.1) is 13.8 Å². The molecule has 0 unspecified atom stereocenters. The molecule has 0 amide bonds. The third-order valence-electron chi connectivity index (χ3n) is 3.42. The predicted octanol–water partition coefficient (Wildman–Crippen LogP) is 2.82. The van der Waals surface area contributed by atoms with Crippen molar-refractivity contribution >= 4 is 15.7 Å². The maximum atomic E-state index is 12.0. The fourth-order valence-electron chi connectivity index (χ4n) is 2.14. The monoisotopic (exact) mass is 304 g/mol. The maximum absolute atomic E-state index is 12.0. The molecule has 0 radical (unpaired) electrons. The van der Waals surface area contributed by atoms with Crippen LogP contribution in [0.3, 0.4) is 0 Å². The summed E-state index contributed by atoms with van der Waals surface area (Å²) in [5, 5.41) is 3.22. The van der Waals surface area contributed by atoms with Gasteiger partial charge in [-0.15, -0.1) is 0 Å². The van der Waals surface area contributed by atoms with Gasteiger partial charge in [0, 0.05) is 6.54 Å². The number of rotatable bonds is 5. The highest BCUT2D eigenvalue weighted by atomic mass is 32.2. The molecular formula is C16H20N2O2S. The van der Waals surface area contributed by atoms with E-state index >= 15 is 0 Å². The zero-order chi connectivity index (χ0) is 15.5. The van der Waals surface area contributed by atoms with Crippen LogP contribution in [0.2, 0.25) is 0 Å². The highest BCUT2D eigenvalue weighted by Crippen LogP contribution is 2.21. The Morgan fingerprint density at radius 2 is 1.76 bits per heavy atom. The van der Waals surface area contributed by atoms with E-state index in [-0.39, 0.29) is 4.90 Å². The molecule has 0 saturated heterocycles. The second-order valence-electron chi connectivity index (χ2n) is 4.99. The largest absolute Gasteiger partial charge is 0.380 e. The molecule has 4 nitrogen and oxygen atoms in total. The summed E-state index contributed by atoms with van der Waals surface area (Å²) in [6, 6.07) is 13.2. The molecule has 5 heteroatoms. The number of sulfonamides is 1. The van der Waals surface area contributed by atoms with Gasteiger partial charge in [0.1, 0.15) is 4.90 Å². The van der Waals surface area contributed by atoms with Gasteiger partial charge in [0.25, 0.3) is 0 Å². The van der Waals surface area contributed by atoms with Crippen LogP contribution >= 0.6 is 0 Å². The van der Waals surface area contributed by atoms with Gasteiger partial charge in [0.2, 0.25) is 10.0 Å². The first-order valence-electron chi connectivity index (χ1n) is 6.76.